The number of thioether (sulfide) groups is 1. The van der Waals surface area contributed by atoms with E-state index in [0.717, 1.165) is 10.9 Å². The van der Waals surface area contributed by atoms with Crippen LogP contribution in [0.2, 0.25) is 0 Å². The van der Waals surface area contributed by atoms with Crippen LogP contribution in [0.4, 0.5) is 0 Å². The Hall–Kier alpha value is -2.78. The van der Waals surface area contributed by atoms with Crippen molar-refractivity contribution in [3.05, 3.63) is 54.0 Å². The van der Waals surface area contributed by atoms with Gasteiger partial charge >= 0.3 is 0 Å². The van der Waals surface area contributed by atoms with Gasteiger partial charge in [-0.2, -0.15) is 0 Å². The third-order valence-corrected chi connectivity index (χ3v) is 4.05. The van der Waals surface area contributed by atoms with Crippen LogP contribution in [0.1, 0.15) is 16.1 Å². The highest BCUT2D eigenvalue weighted by Gasteiger charge is 2.20. The van der Waals surface area contributed by atoms with Crippen LogP contribution in [-0.2, 0) is 5.75 Å². The van der Waals surface area contributed by atoms with Crippen molar-refractivity contribution in [3.8, 4) is 12.3 Å². The van der Waals surface area contributed by atoms with E-state index in [4.69, 9.17) is 10.8 Å². The zero-order chi connectivity index (χ0) is 16.1. The fraction of sp³-hybridized carbons (Fsp3) is 0.118. The van der Waals surface area contributed by atoms with Gasteiger partial charge < -0.3 is 9.73 Å². The molecule has 1 N–H and O–H groups in total. The van der Waals surface area contributed by atoms with Crippen LogP contribution in [0.5, 0.6) is 0 Å². The molecule has 2 aromatic heterocycles. The number of furan rings is 1. The normalized spacial score (nSPS) is 10.4. The van der Waals surface area contributed by atoms with Crippen molar-refractivity contribution in [1.29, 1.82) is 0 Å². The molecular formula is C17H13N3O2S. The third kappa shape index (κ3) is 3.35. The Morgan fingerprint density at radius 2 is 2.04 bits per heavy atom. The number of hydrogen-bond acceptors (Lipinski definition) is 5. The van der Waals surface area contributed by atoms with Crippen molar-refractivity contribution >= 4 is 28.6 Å². The summed E-state index contributed by atoms with van der Waals surface area (Å²) in [6.45, 7) is 0.157. The zero-order valence-corrected chi connectivity index (χ0v) is 13.0. The van der Waals surface area contributed by atoms with Gasteiger partial charge in [0.2, 0.25) is 0 Å². The summed E-state index contributed by atoms with van der Waals surface area (Å²) in [5.41, 5.74) is 1.48. The van der Waals surface area contributed by atoms with Gasteiger partial charge in [-0.05, 0) is 12.1 Å². The number of nitrogens with zero attached hydrogens (tertiary/aromatic N) is 2. The number of fused-ring (bicyclic) bond motifs is 1. The number of terminal acetylenes is 1. The van der Waals surface area contributed by atoms with Gasteiger partial charge in [-0.1, -0.05) is 35.9 Å². The lowest BCUT2D eigenvalue weighted by Crippen LogP contribution is -2.23. The first kappa shape index (κ1) is 15.1. The molecule has 0 aliphatic heterocycles. The lowest BCUT2D eigenvalue weighted by atomic mass is 10.1. The van der Waals surface area contributed by atoms with Crippen LogP contribution in [0, 0.1) is 12.3 Å². The number of carbonyl (C=O) groups is 1. The molecule has 0 saturated heterocycles. The number of rotatable bonds is 5. The number of nitrogens with one attached hydrogen (secondary N) is 1. The van der Waals surface area contributed by atoms with E-state index in [1.165, 1.54) is 11.8 Å². The molecule has 3 rings (SSSR count). The van der Waals surface area contributed by atoms with Crippen LogP contribution in [0.25, 0.3) is 11.0 Å². The Kier molecular flexibility index (Phi) is 4.60. The molecule has 0 atom stereocenters. The van der Waals surface area contributed by atoms with Crippen LogP contribution in [0.15, 0.2) is 52.3 Å². The maximum Gasteiger partial charge on any atom is 0.288 e. The second-order valence-electron chi connectivity index (χ2n) is 4.61. The highest BCUT2D eigenvalue weighted by atomic mass is 32.2. The van der Waals surface area contributed by atoms with Crippen molar-refractivity contribution < 1.29 is 9.21 Å². The van der Waals surface area contributed by atoms with E-state index in [0.29, 0.717) is 16.5 Å². The molecule has 1 amide bonds. The number of amides is 1. The molecule has 6 heteroatoms. The van der Waals surface area contributed by atoms with Gasteiger partial charge in [0.05, 0.1) is 6.54 Å². The van der Waals surface area contributed by atoms with Gasteiger partial charge in [-0.25, -0.2) is 9.97 Å². The second-order valence-corrected chi connectivity index (χ2v) is 5.56. The molecule has 0 aliphatic rings. The third-order valence-electron chi connectivity index (χ3n) is 3.14. The molecule has 0 bridgehead atoms. The molecule has 5 nitrogen and oxygen atoms in total. The summed E-state index contributed by atoms with van der Waals surface area (Å²) in [5.74, 6) is 2.87. The predicted octanol–water partition coefficient (Wildman–Crippen LogP) is 2.88. The Morgan fingerprint density at radius 3 is 2.83 bits per heavy atom. The van der Waals surface area contributed by atoms with Crippen molar-refractivity contribution in [1.82, 2.24) is 15.3 Å². The van der Waals surface area contributed by atoms with Gasteiger partial charge in [0, 0.05) is 29.1 Å². The second kappa shape index (κ2) is 6.99. The van der Waals surface area contributed by atoms with Crippen molar-refractivity contribution in [2.45, 2.75) is 10.9 Å². The molecule has 0 saturated carbocycles. The van der Waals surface area contributed by atoms with Gasteiger partial charge in [-0.3, -0.25) is 4.79 Å². The molecule has 0 spiro atoms. The minimum absolute atomic E-state index is 0.157. The van der Waals surface area contributed by atoms with Crippen LogP contribution < -0.4 is 5.32 Å². The average molecular weight is 323 g/mol. The molecule has 0 radical (unpaired) electrons. The highest BCUT2D eigenvalue weighted by molar-refractivity contribution is 7.98. The van der Waals surface area contributed by atoms with Gasteiger partial charge in [-0.15, -0.1) is 6.42 Å². The first-order valence-electron chi connectivity index (χ1n) is 6.91. The Morgan fingerprint density at radius 1 is 1.26 bits per heavy atom. The first-order valence-corrected chi connectivity index (χ1v) is 7.90. The van der Waals surface area contributed by atoms with Gasteiger partial charge in [0.1, 0.15) is 5.58 Å². The quantitative estimate of drug-likeness (QED) is 0.444. The molecule has 114 valence electrons. The van der Waals surface area contributed by atoms with Gasteiger partial charge in [0.25, 0.3) is 5.91 Å². The lowest BCUT2D eigenvalue weighted by molar-refractivity contribution is 0.0932. The molecule has 0 fully saturated rings. The maximum absolute atomic E-state index is 12.3. The van der Waals surface area contributed by atoms with Crippen LogP contribution in [-0.4, -0.2) is 22.4 Å². The van der Waals surface area contributed by atoms with E-state index in [9.17, 15) is 4.79 Å². The Bertz CT molecular complexity index is 868. The summed E-state index contributed by atoms with van der Waals surface area (Å²) >= 11 is 1.45. The predicted molar refractivity (Wildman–Crippen MR) is 89.0 cm³/mol. The SMILES string of the molecule is C#CCNC(=O)c1oc2ccccc2c1CSc1ncccn1. The molecule has 2 heterocycles. The summed E-state index contributed by atoms with van der Waals surface area (Å²) in [5, 5.41) is 4.19. The first-order chi connectivity index (χ1) is 11.3. The summed E-state index contributed by atoms with van der Waals surface area (Å²) < 4.78 is 5.71. The van der Waals surface area contributed by atoms with Crippen molar-refractivity contribution in [3.63, 3.8) is 0 Å². The van der Waals surface area contributed by atoms with E-state index < -0.39 is 0 Å². The van der Waals surface area contributed by atoms with E-state index in [1.54, 1.807) is 18.5 Å². The highest BCUT2D eigenvalue weighted by Crippen LogP contribution is 2.30. The molecular weight excluding hydrogens is 310 g/mol. The minimum Gasteiger partial charge on any atom is -0.451 e. The van der Waals surface area contributed by atoms with Crippen molar-refractivity contribution in [2.24, 2.45) is 0 Å². The largest absolute Gasteiger partial charge is 0.451 e. The number of benzene rings is 1. The number of aromatic nitrogens is 2. The average Bonchev–Trinajstić information content (AvgIpc) is 2.97. The summed E-state index contributed by atoms with van der Waals surface area (Å²) in [4.78, 5) is 20.6. The standard InChI is InChI=1S/C17H13N3O2S/c1-2-8-18-16(21)15-13(11-23-17-19-9-5-10-20-17)12-6-3-4-7-14(12)22-15/h1,3-7,9-10H,8,11H2,(H,18,21). The van der Waals surface area contributed by atoms with Crippen LogP contribution >= 0.6 is 11.8 Å². The monoisotopic (exact) mass is 323 g/mol. The number of para-hydroxylation sites is 1. The molecule has 3 aromatic rings. The van der Waals surface area contributed by atoms with Crippen molar-refractivity contribution in [2.75, 3.05) is 6.54 Å². The summed E-state index contributed by atoms with van der Waals surface area (Å²) in [6, 6.07) is 9.30. The van der Waals surface area contributed by atoms with E-state index in [2.05, 4.69) is 21.2 Å². The fourth-order valence-electron chi connectivity index (χ4n) is 2.13. The Labute approximate surface area is 137 Å². The fourth-order valence-corrected chi connectivity index (χ4v) is 2.96. The maximum atomic E-state index is 12.3. The van der Waals surface area contributed by atoms with Crippen LogP contribution in [0.3, 0.4) is 0 Å². The zero-order valence-electron chi connectivity index (χ0n) is 12.2. The molecule has 0 unspecified atom stereocenters. The Balaban J connectivity index is 1.93. The topological polar surface area (TPSA) is 68.0 Å². The summed E-state index contributed by atoms with van der Waals surface area (Å²) in [7, 11) is 0. The summed E-state index contributed by atoms with van der Waals surface area (Å²) in [6.07, 6.45) is 8.55. The smallest absolute Gasteiger partial charge is 0.288 e. The lowest BCUT2D eigenvalue weighted by Gasteiger charge is -2.03. The molecule has 1 aromatic carbocycles. The number of hydrogen-bond donors (Lipinski definition) is 1. The van der Waals surface area contributed by atoms with E-state index in [-0.39, 0.29) is 18.2 Å². The minimum atomic E-state index is -0.316. The van der Waals surface area contributed by atoms with Gasteiger partial charge in [0.15, 0.2) is 10.9 Å². The number of carbonyl (C=O) groups excluding carboxylic acids is 1. The molecule has 23 heavy (non-hydrogen) atoms. The van der Waals surface area contributed by atoms with E-state index >= 15 is 0 Å². The van der Waals surface area contributed by atoms with E-state index in [1.807, 2.05) is 24.3 Å². The molecule has 0 aliphatic carbocycles.